The Morgan fingerprint density at radius 1 is 0.414 bits per heavy atom. The maximum atomic E-state index is 6.52. The van der Waals surface area contributed by atoms with E-state index >= 15 is 0 Å². The van der Waals surface area contributed by atoms with Crippen LogP contribution in [0.25, 0.3) is 91.9 Å². The smallest absolute Gasteiger partial charge is 0.143 e. The van der Waals surface area contributed by atoms with Crippen LogP contribution in [0.5, 0.6) is 0 Å². The summed E-state index contributed by atoms with van der Waals surface area (Å²) in [6.45, 7) is 0. The van der Waals surface area contributed by atoms with Crippen LogP contribution < -0.4 is 4.90 Å². The second kappa shape index (κ2) is 13.1. The minimum absolute atomic E-state index is 0.893. The highest BCUT2D eigenvalue weighted by Crippen LogP contribution is 2.46. The minimum Gasteiger partial charge on any atom is -0.455 e. The summed E-state index contributed by atoms with van der Waals surface area (Å²) in [6, 6.07) is 74.4. The number of hydrogen-bond acceptors (Lipinski definition) is 3. The molecule has 272 valence electrons. The first kappa shape index (κ1) is 32.8. The lowest BCUT2D eigenvalue weighted by atomic mass is 10.00. The van der Waals surface area contributed by atoms with Crippen molar-refractivity contribution in [3.63, 3.8) is 0 Å². The van der Waals surface area contributed by atoms with Crippen LogP contribution in [0.3, 0.4) is 0 Å². The topological polar surface area (TPSA) is 21.3 Å². The first-order valence-corrected chi connectivity index (χ1v) is 20.5. The SMILES string of the molecule is c1ccc(-c2cccc3c2oc2ccc(-c4ccc(N(c5ccc6c(c5)sc5ccccc56)c5cccc6c5c5ccccc5n6-c5ccccc5)cc4)cc23)cc1. The molecule has 0 amide bonds. The van der Waals surface area contributed by atoms with Crippen LogP contribution in [0.1, 0.15) is 0 Å². The highest BCUT2D eigenvalue weighted by Gasteiger charge is 2.22. The fourth-order valence-electron chi connectivity index (χ4n) is 8.95. The summed E-state index contributed by atoms with van der Waals surface area (Å²) in [6.07, 6.45) is 0. The predicted molar refractivity (Wildman–Crippen MR) is 247 cm³/mol. The van der Waals surface area contributed by atoms with Gasteiger partial charge in [0.05, 0.1) is 16.7 Å². The molecule has 0 saturated carbocycles. The lowest BCUT2D eigenvalue weighted by molar-refractivity contribution is 0.670. The van der Waals surface area contributed by atoms with Gasteiger partial charge in [-0.05, 0) is 89.5 Å². The van der Waals surface area contributed by atoms with Crippen molar-refractivity contribution in [2.24, 2.45) is 0 Å². The molecule has 0 atom stereocenters. The normalized spacial score (nSPS) is 11.8. The van der Waals surface area contributed by atoms with E-state index in [0.717, 1.165) is 66.9 Å². The number of benzene rings is 9. The summed E-state index contributed by atoms with van der Waals surface area (Å²) in [5, 5.41) is 7.27. The molecule has 58 heavy (non-hydrogen) atoms. The van der Waals surface area contributed by atoms with Gasteiger partial charge in [0, 0.05) is 64.3 Å². The quantitative estimate of drug-likeness (QED) is 0.168. The maximum Gasteiger partial charge on any atom is 0.143 e. The lowest BCUT2D eigenvalue weighted by Gasteiger charge is -2.27. The number of rotatable bonds is 6. The molecule has 0 unspecified atom stereocenters. The van der Waals surface area contributed by atoms with Gasteiger partial charge in [-0.3, -0.25) is 0 Å². The van der Waals surface area contributed by atoms with Crippen LogP contribution in [0.15, 0.2) is 211 Å². The second-order valence-corrected chi connectivity index (χ2v) is 16.0. The third-order valence-electron chi connectivity index (χ3n) is 11.6. The molecule has 12 rings (SSSR count). The molecule has 4 heteroatoms. The van der Waals surface area contributed by atoms with E-state index in [9.17, 15) is 0 Å². The van der Waals surface area contributed by atoms with Gasteiger partial charge >= 0.3 is 0 Å². The van der Waals surface area contributed by atoms with Gasteiger partial charge in [-0.15, -0.1) is 11.3 Å². The minimum atomic E-state index is 0.893. The average molecular weight is 759 g/mol. The van der Waals surface area contributed by atoms with Crippen LogP contribution in [0.2, 0.25) is 0 Å². The molecule has 0 aliphatic carbocycles. The zero-order valence-corrected chi connectivity index (χ0v) is 32.2. The Bertz CT molecular complexity index is 3500. The van der Waals surface area contributed by atoms with Gasteiger partial charge in [-0.1, -0.05) is 133 Å². The van der Waals surface area contributed by atoms with Crippen molar-refractivity contribution < 1.29 is 4.42 Å². The largest absolute Gasteiger partial charge is 0.455 e. The summed E-state index contributed by atoms with van der Waals surface area (Å²) >= 11 is 1.85. The Morgan fingerprint density at radius 2 is 1.09 bits per heavy atom. The Balaban J connectivity index is 1.03. The first-order valence-electron chi connectivity index (χ1n) is 19.7. The molecule has 0 radical (unpaired) electrons. The Kier molecular flexibility index (Phi) is 7.40. The number of anilines is 3. The molecular weight excluding hydrogens is 725 g/mol. The third-order valence-corrected chi connectivity index (χ3v) is 12.7. The zero-order chi connectivity index (χ0) is 38.2. The van der Waals surface area contributed by atoms with Gasteiger partial charge < -0.3 is 13.9 Å². The number of furan rings is 1. The fraction of sp³-hybridized carbons (Fsp3) is 0. The first-order chi connectivity index (χ1) is 28.8. The van der Waals surface area contributed by atoms with Gasteiger partial charge in [0.25, 0.3) is 0 Å². The van der Waals surface area contributed by atoms with Crippen molar-refractivity contribution in [2.45, 2.75) is 0 Å². The van der Waals surface area contributed by atoms with Crippen molar-refractivity contribution in [1.29, 1.82) is 0 Å². The van der Waals surface area contributed by atoms with Gasteiger partial charge in [-0.25, -0.2) is 0 Å². The fourth-order valence-corrected chi connectivity index (χ4v) is 10.1. The lowest BCUT2D eigenvalue weighted by Crippen LogP contribution is -2.10. The van der Waals surface area contributed by atoms with Gasteiger partial charge in [0.2, 0.25) is 0 Å². The van der Waals surface area contributed by atoms with Crippen molar-refractivity contribution in [2.75, 3.05) is 4.90 Å². The van der Waals surface area contributed by atoms with Crippen LogP contribution in [0.4, 0.5) is 17.1 Å². The maximum absolute atomic E-state index is 6.52. The third kappa shape index (κ3) is 5.12. The molecule has 0 saturated heterocycles. The standard InChI is InChI=1S/C54H34N2OS/c1-3-13-36(14-4-1)41-19-11-20-44-46-33-37(27-32-50(46)57-54(41)44)35-25-28-39(29-26-35)55(40-30-31-43-42-17-8-10-24-51(42)58-52(43)34-40)48-22-12-23-49-53(48)45-18-7-9-21-47(45)56(49)38-15-5-2-6-16-38/h1-34H. The van der Waals surface area contributed by atoms with E-state index in [-0.39, 0.29) is 0 Å². The molecule has 0 bridgehead atoms. The van der Waals surface area contributed by atoms with Crippen LogP contribution >= 0.6 is 11.3 Å². The Hall–Kier alpha value is -7.40. The zero-order valence-electron chi connectivity index (χ0n) is 31.3. The molecule has 12 aromatic rings. The molecule has 9 aromatic carbocycles. The summed E-state index contributed by atoms with van der Waals surface area (Å²) in [5.74, 6) is 0. The molecule has 0 aliphatic rings. The van der Waals surface area contributed by atoms with Crippen LogP contribution in [-0.4, -0.2) is 4.57 Å². The van der Waals surface area contributed by atoms with Crippen LogP contribution in [-0.2, 0) is 0 Å². The van der Waals surface area contributed by atoms with Gasteiger partial charge in [0.15, 0.2) is 0 Å². The molecule has 0 aliphatic heterocycles. The molecule has 3 heterocycles. The van der Waals surface area contributed by atoms with E-state index in [2.05, 4.69) is 210 Å². The summed E-state index contributed by atoms with van der Waals surface area (Å²) < 4.78 is 11.5. The average Bonchev–Trinajstić information content (AvgIpc) is 3.97. The van der Waals surface area contributed by atoms with Crippen molar-refractivity contribution in [1.82, 2.24) is 4.57 Å². The van der Waals surface area contributed by atoms with E-state index in [4.69, 9.17) is 4.42 Å². The number of nitrogens with zero attached hydrogens (tertiary/aromatic N) is 2. The number of thiophene rings is 1. The monoisotopic (exact) mass is 758 g/mol. The van der Waals surface area contributed by atoms with Crippen LogP contribution in [0, 0.1) is 0 Å². The Labute approximate surface area is 338 Å². The molecule has 0 fully saturated rings. The van der Waals surface area contributed by atoms with E-state index in [1.54, 1.807) is 0 Å². The molecule has 0 N–H and O–H groups in total. The second-order valence-electron chi connectivity index (χ2n) is 14.9. The van der Waals surface area contributed by atoms with Crippen molar-refractivity contribution in [3.05, 3.63) is 206 Å². The molecule has 3 aromatic heterocycles. The molecule has 3 nitrogen and oxygen atoms in total. The summed E-state index contributed by atoms with van der Waals surface area (Å²) in [7, 11) is 0. The number of aromatic nitrogens is 1. The van der Waals surface area contributed by atoms with E-state index in [0.29, 0.717) is 0 Å². The number of fused-ring (bicyclic) bond motifs is 9. The molecule has 0 spiro atoms. The van der Waals surface area contributed by atoms with E-state index in [1.807, 2.05) is 17.4 Å². The van der Waals surface area contributed by atoms with Gasteiger partial charge in [0.1, 0.15) is 11.2 Å². The van der Waals surface area contributed by atoms with E-state index < -0.39 is 0 Å². The predicted octanol–water partition coefficient (Wildman–Crippen LogP) is 15.9. The summed E-state index contributed by atoms with van der Waals surface area (Å²) in [5.41, 5.74) is 13.2. The number of para-hydroxylation sites is 3. The van der Waals surface area contributed by atoms with E-state index in [1.165, 1.54) is 42.0 Å². The van der Waals surface area contributed by atoms with Crippen molar-refractivity contribution >= 4 is 92.3 Å². The molecular formula is C54H34N2OS. The van der Waals surface area contributed by atoms with Crippen molar-refractivity contribution in [3.8, 4) is 27.9 Å². The summed E-state index contributed by atoms with van der Waals surface area (Å²) in [4.78, 5) is 2.44. The highest BCUT2D eigenvalue weighted by atomic mass is 32.1. The number of hydrogen-bond donors (Lipinski definition) is 0. The highest BCUT2D eigenvalue weighted by molar-refractivity contribution is 7.25. The Morgan fingerprint density at radius 3 is 1.95 bits per heavy atom. The van der Waals surface area contributed by atoms with Gasteiger partial charge in [-0.2, -0.15) is 0 Å².